The molecule has 5 nitrogen and oxygen atoms in total. The van der Waals surface area contributed by atoms with Gasteiger partial charge in [0, 0.05) is 5.56 Å². The van der Waals surface area contributed by atoms with Crippen molar-refractivity contribution in [3.8, 4) is 22.1 Å². The second-order valence-corrected chi connectivity index (χ2v) is 7.28. The van der Waals surface area contributed by atoms with Crippen LogP contribution < -0.4 is 14.8 Å². The number of amides is 1. The predicted molar refractivity (Wildman–Crippen MR) is 108 cm³/mol. The summed E-state index contributed by atoms with van der Waals surface area (Å²) in [5.74, 6) is -0.771. The maximum Gasteiger partial charge on any atom is 0.387 e. The maximum absolute atomic E-state index is 12.8. The zero-order valence-electron chi connectivity index (χ0n) is 16.1. The zero-order valence-corrected chi connectivity index (χ0v) is 16.9. The summed E-state index contributed by atoms with van der Waals surface area (Å²) in [6.07, 6.45) is 0. The minimum absolute atomic E-state index is 0.0260. The monoisotopic (exact) mass is 418 g/mol. The largest absolute Gasteiger partial charge is 0.493 e. The highest BCUT2D eigenvalue weighted by molar-refractivity contribution is 7.15. The number of hydrogen-bond acceptors (Lipinski definition) is 5. The summed E-state index contributed by atoms with van der Waals surface area (Å²) in [7, 11) is 1.32. The summed E-state index contributed by atoms with van der Waals surface area (Å²) < 4.78 is 35.2. The molecule has 2 aromatic carbocycles. The highest BCUT2D eigenvalue weighted by atomic mass is 32.1. The molecule has 0 saturated carbocycles. The molecule has 1 aromatic heterocycles. The second kappa shape index (κ2) is 9.00. The van der Waals surface area contributed by atoms with Crippen LogP contribution in [0.25, 0.3) is 10.6 Å². The summed E-state index contributed by atoms with van der Waals surface area (Å²) >= 11 is 1.48. The minimum Gasteiger partial charge on any atom is -0.493 e. The van der Waals surface area contributed by atoms with E-state index in [9.17, 15) is 13.6 Å². The molecule has 1 amide bonds. The van der Waals surface area contributed by atoms with Crippen molar-refractivity contribution in [2.24, 2.45) is 0 Å². The Bertz CT molecular complexity index is 993. The number of rotatable bonds is 7. The van der Waals surface area contributed by atoms with Crippen molar-refractivity contribution in [3.05, 3.63) is 64.7 Å². The number of benzene rings is 2. The smallest absolute Gasteiger partial charge is 0.387 e. The van der Waals surface area contributed by atoms with Crippen molar-refractivity contribution in [2.45, 2.75) is 26.5 Å². The molecule has 1 heterocycles. The van der Waals surface area contributed by atoms with E-state index in [-0.39, 0.29) is 23.1 Å². The standard InChI is InChI=1S/C21H20F2N2O3S/c1-12(18-13(2)25-20(29-18)14-8-5-4-6-9-14)24-19(26)15-10-7-11-16(27-3)17(15)28-21(22)23/h4-12,21H,1-3H3,(H,24,26). The van der Waals surface area contributed by atoms with Crippen LogP contribution in [0.5, 0.6) is 11.5 Å². The first-order valence-corrected chi connectivity index (χ1v) is 9.67. The van der Waals surface area contributed by atoms with Crippen LogP contribution in [0.4, 0.5) is 8.78 Å². The van der Waals surface area contributed by atoms with E-state index in [1.807, 2.05) is 44.2 Å². The molecule has 0 fully saturated rings. The van der Waals surface area contributed by atoms with E-state index in [1.165, 1.54) is 30.6 Å². The third-order valence-corrected chi connectivity index (χ3v) is 5.63. The lowest BCUT2D eigenvalue weighted by atomic mass is 10.1. The summed E-state index contributed by atoms with van der Waals surface area (Å²) in [4.78, 5) is 18.3. The average molecular weight is 418 g/mol. The Kier molecular flexibility index (Phi) is 6.43. The van der Waals surface area contributed by atoms with Crippen molar-refractivity contribution >= 4 is 17.2 Å². The average Bonchev–Trinajstić information content (AvgIpc) is 3.10. The van der Waals surface area contributed by atoms with Gasteiger partial charge >= 0.3 is 6.61 Å². The molecule has 1 unspecified atom stereocenters. The first-order chi connectivity index (χ1) is 13.9. The second-order valence-electron chi connectivity index (χ2n) is 6.25. The Balaban J connectivity index is 1.84. The van der Waals surface area contributed by atoms with Gasteiger partial charge < -0.3 is 14.8 Å². The maximum atomic E-state index is 12.8. The number of methoxy groups -OCH3 is 1. The van der Waals surface area contributed by atoms with E-state index < -0.39 is 12.5 Å². The van der Waals surface area contributed by atoms with Crippen LogP contribution in [-0.2, 0) is 0 Å². The highest BCUT2D eigenvalue weighted by Crippen LogP contribution is 2.34. The Labute approximate surface area is 171 Å². The summed E-state index contributed by atoms with van der Waals surface area (Å²) in [6, 6.07) is 13.8. The number of nitrogens with one attached hydrogen (secondary N) is 1. The lowest BCUT2D eigenvalue weighted by Crippen LogP contribution is -2.27. The van der Waals surface area contributed by atoms with Gasteiger partial charge in [0.1, 0.15) is 5.01 Å². The molecule has 0 radical (unpaired) electrons. The van der Waals surface area contributed by atoms with Gasteiger partial charge in [-0.15, -0.1) is 11.3 Å². The number of alkyl halides is 2. The number of nitrogens with zero attached hydrogens (tertiary/aromatic N) is 1. The van der Waals surface area contributed by atoms with Crippen LogP contribution in [0.1, 0.15) is 33.9 Å². The number of carbonyl (C=O) groups excluding carboxylic acids is 1. The summed E-state index contributed by atoms with van der Waals surface area (Å²) in [6.45, 7) is 0.617. The third-order valence-electron chi connectivity index (χ3n) is 4.24. The lowest BCUT2D eigenvalue weighted by Gasteiger charge is -2.17. The number of aryl methyl sites for hydroxylation is 1. The number of para-hydroxylation sites is 1. The molecule has 8 heteroatoms. The SMILES string of the molecule is COc1cccc(C(=O)NC(C)c2sc(-c3ccccc3)nc2C)c1OC(F)F. The van der Waals surface area contributed by atoms with Crippen molar-refractivity contribution in [1.29, 1.82) is 0 Å². The molecular weight excluding hydrogens is 398 g/mol. The molecule has 3 aromatic rings. The van der Waals surface area contributed by atoms with Crippen LogP contribution in [0, 0.1) is 6.92 Å². The highest BCUT2D eigenvalue weighted by Gasteiger charge is 2.23. The molecule has 0 bridgehead atoms. The lowest BCUT2D eigenvalue weighted by molar-refractivity contribution is -0.0515. The summed E-state index contributed by atoms with van der Waals surface area (Å²) in [5, 5.41) is 3.68. The fraction of sp³-hybridized carbons (Fsp3) is 0.238. The molecule has 3 rings (SSSR count). The quantitative estimate of drug-likeness (QED) is 0.572. The van der Waals surface area contributed by atoms with Crippen LogP contribution in [0.3, 0.4) is 0 Å². The summed E-state index contributed by atoms with van der Waals surface area (Å²) in [5.41, 5.74) is 1.77. The predicted octanol–water partition coefficient (Wildman–Crippen LogP) is 5.22. The molecule has 29 heavy (non-hydrogen) atoms. The fourth-order valence-electron chi connectivity index (χ4n) is 2.92. The van der Waals surface area contributed by atoms with E-state index in [1.54, 1.807) is 6.07 Å². The Morgan fingerprint density at radius 2 is 1.86 bits per heavy atom. The van der Waals surface area contributed by atoms with Gasteiger partial charge in [0.15, 0.2) is 11.5 Å². The van der Waals surface area contributed by atoms with Gasteiger partial charge in [0.05, 0.1) is 29.3 Å². The number of halogens is 2. The number of aromatic nitrogens is 1. The topological polar surface area (TPSA) is 60.5 Å². The van der Waals surface area contributed by atoms with Gasteiger partial charge in [-0.05, 0) is 26.0 Å². The molecule has 0 aliphatic carbocycles. The van der Waals surface area contributed by atoms with Gasteiger partial charge in [-0.1, -0.05) is 36.4 Å². The number of hydrogen-bond donors (Lipinski definition) is 1. The van der Waals surface area contributed by atoms with E-state index in [4.69, 9.17) is 4.74 Å². The van der Waals surface area contributed by atoms with Gasteiger partial charge in [0.2, 0.25) is 0 Å². The fourth-order valence-corrected chi connectivity index (χ4v) is 3.99. The van der Waals surface area contributed by atoms with Gasteiger partial charge in [0.25, 0.3) is 5.91 Å². The molecule has 0 aliphatic heterocycles. The molecule has 152 valence electrons. The third kappa shape index (κ3) is 4.71. The Hall–Kier alpha value is -3.00. The zero-order chi connectivity index (χ0) is 21.0. The van der Waals surface area contributed by atoms with E-state index in [0.717, 1.165) is 21.1 Å². The molecule has 0 aliphatic rings. The molecule has 0 saturated heterocycles. The van der Waals surface area contributed by atoms with E-state index in [0.29, 0.717) is 0 Å². The van der Waals surface area contributed by atoms with Crippen molar-refractivity contribution in [2.75, 3.05) is 7.11 Å². The van der Waals surface area contributed by atoms with Crippen molar-refractivity contribution in [3.63, 3.8) is 0 Å². The van der Waals surface area contributed by atoms with Gasteiger partial charge in [-0.3, -0.25) is 4.79 Å². The normalized spacial score (nSPS) is 11.9. The molecular formula is C21H20F2N2O3S. The van der Waals surface area contributed by atoms with Crippen LogP contribution in [0.2, 0.25) is 0 Å². The van der Waals surface area contributed by atoms with Crippen LogP contribution in [0.15, 0.2) is 48.5 Å². The van der Waals surface area contributed by atoms with Crippen LogP contribution in [-0.4, -0.2) is 24.6 Å². The van der Waals surface area contributed by atoms with Crippen LogP contribution >= 0.6 is 11.3 Å². The van der Waals surface area contributed by atoms with E-state index >= 15 is 0 Å². The molecule has 1 N–H and O–H groups in total. The van der Waals surface area contributed by atoms with Gasteiger partial charge in [-0.2, -0.15) is 8.78 Å². The minimum atomic E-state index is -3.08. The van der Waals surface area contributed by atoms with Crippen molar-refractivity contribution in [1.82, 2.24) is 10.3 Å². The van der Waals surface area contributed by atoms with Gasteiger partial charge in [-0.25, -0.2) is 4.98 Å². The van der Waals surface area contributed by atoms with E-state index in [2.05, 4.69) is 15.0 Å². The molecule has 1 atom stereocenters. The number of thiazole rings is 1. The Morgan fingerprint density at radius 3 is 2.52 bits per heavy atom. The number of carbonyl (C=O) groups is 1. The first-order valence-electron chi connectivity index (χ1n) is 8.86. The first kappa shape index (κ1) is 20.7. The Morgan fingerprint density at radius 1 is 1.14 bits per heavy atom. The van der Waals surface area contributed by atoms with Crippen molar-refractivity contribution < 1.29 is 23.0 Å². The number of ether oxygens (including phenoxy) is 2. The molecule has 0 spiro atoms.